The monoisotopic (exact) mass is 375 g/mol. The number of rotatable bonds is 7. The number of carbonyl (C=O) groups is 1. The molecule has 0 bridgehead atoms. The summed E-state index contributed by atoms with van der Waals surface area (Å²) in [6.45, 7) is 9.19. The van der Waals surface area contributed by atoms with Gasteiger partial charge in [-0.05, 0) is 52.2 Å². The maximum absolute atomic E-state index is 12.6. The lowest BCUT2D eigenvalue weighted by Crippen LogP contribution is -2.55. The number of nitrogens with zero attached hydrogens (tertiary/aromatic N) is 6. The van der Waals surface area contributed by atoms with Gasteiger partial charge in [0, 0.05) is 39.4 Å². The van der Waals surface area contributed by atoms with E-state index >= 15 is 0 Å². The Hall–Kier alpha value is -2.09. The second-order valence-electron chi connectivity index (χ2n) is 7.33. The summed E-state index contributed by atoms with van der Waals surface area (Å²) in [5.74, 6) is 0.951. The normalized spacial score (nSPS) is 19.2. The number of guanidine groups is 1. The van der Waals surface area contributed by atoms with E-state index in [4.69, 9.17) is 4.99 Å². The summed E-state index contributed by atoms with van der Waals surface area (Å²) in [6.07, 6.45) is 8.61. The minimum absolute atomic E-state index is 0.0916. The third-order valence-corrected chi connectivity index (χ3v) is 5.20. The van der Waals surface area contributed by atoms with Gasteiger partial charge >= 0.3 is 0 Å². The third-order valence-electron chi connectivity index (χ3n) is 5.20. The lowest BCUT2D eigenvalue weighted by molar-refractivity contribution is -0.120. The molecule has 3 rings (SSSR count). The molecule has 1 N–H and O–H groups in total. The molecule has 2 fully saturated rings. The van der Waals surface area contributed by atoms with Crippen molar-refractivity contribution in [3.05, 3.63) is 12.4 Å². The number of nitrogens with one attached hydrogen (secondary N) is 1. The average molecular weight is 376 g/mol. The molecule has 2 aliphatic heterocycles. The molecule has 8 nitrogen and oxygen atoms in total. The first-order valence-corrected chi connectivity index (χ1v) is 10.2. The number of anilines is 1. The van der Waals surface area contributed by atoms with Crippen molar-refractivity contribution in [2.24, 2.45) is 12.0 Å². The fourth-order valence-corrected chi connectivity index (χ4v) is 3.74. The van der Waals surface area contributed by atoms with Crippen molar-refractivity contribution in [3.63, 3.8) is 0 Å². The van der Waals surface area contributed by atoms with E-state index in [-0.39, 0.29) is 5.91 Å². The van der Waals surface area contributed by atoms with Crippen LogP contribution in [-0.2, 0) is 11.8 Å². The average Bonchev–Trinajstić information content (AvgIpc) is 3.32. The largest absolute Gasteiger partial charge is 0.357 e. The molecule has 1 aromatic heterocycles. The summed E-state index contributed by atoms with van der Waals surface area (Å²) < 4.78 is 1.72. The van der Waals surface area contributed by atoms with E-state index in [1.807, 2.05) is 18.1 Å². The van der Waals surface area contributed by atoms with Gasteiger partial charge in [-0.25, -0.2) is 0 Å². The topological polar surface area (TPSA) is 69.0 Å². The molecule has 2 saturated heterocycles. The summed E-state index contributed by atoms with van der Waals surface area (Å²) >= 11 is 0. The lowest BCUT2D eigenvalue weighted by atomic mass is 10.3. The number of aromatic nitrogens is 2. The minimum atomic E-state index is 0.0916. The highest BCUT2D eigenvalue weighted by molar-refractivity contribution is 5.98. The number of aliphatic imine (C=N–C) groups is 1. The molecule has 8 heteroatoms. The van der Waals surface area contributed by atoms with Gasteiger partial charge in [0.1, 0.15) is 6.54 Å². The Labute approximate surface area is 162 Å². The zero-order valence-electron chi connectivity index (χ0n) is 16.7. The number of unbranched alkanes of at least 4 members (excludes halogenated alkanes) is 1. The molecule has 3 heterocycles. The number of aryl methyl sites for hydroxylation is 1. The Bertz CT molecular complexity index is 636. The minimum Gasteiger partial charge on any atom is -0.357 e. The van der Waals surface area contributed by atoms with E-state index in [1.165, 1.54) is 38.9 Å². The van der Waals surface area contributed by atoms with Crippen LogP contribution in [0, 0.1) is 0 Å². The second-order valence-corrected chi connectivity index (χ2v) is 7.33. The maximum atomic E-state index is 12.6. The second kappa shape index (κ2) is 9.73. The number of carbonyl (C=O) groups excluding carboxylic acids is 1. The molecule has 0 spiro atoms. The number of amides is 1. The molecule has 0 radical (unpaired) electrons. The molecule has 27 heavy (non-hydrogen) atoms. The predicted octanol–water partition coefficient (Wildman–Crippen LogP) is 0.910. The molecule has 150 valence electrons. The van der Waals surface area contributed by atoms with E-state index < -0.39 is 0 Å². The Kier molecular flexibility index (Phi) is 7.09. The van der Waals surface area contributed by atoms with Crippen LogP contribution in [0.5, 0.6) is 0 Å². The van der Waals surface area contributed by atoms with Crippen molar-refractivity contribution in [2.45, 2.75) is 32.6 Å². The highest BCUT2D eigenvalue weighted by Crippen LogP contribution is 2.16. The molecule has 0 saturated carbocycles. The SMILES string of the molecule is CCNC(=NCCCCN1CCCC1)N1CCN(c2cnn(C)c2)C(=O)C1. The zero-order chi connectivity index (χ0) is 19.1. The van der Waals surface area contributed by atoms with E-state index in [0.29, 0.717) is 13.1 Å². The Balaban J connectivity index is 1.48. The van der Waals surface area contributed by atoms with E-state index in [0.717, 1.165) is 37.7 Å². The molecular formula is C19H33N7O. The molecule has 0 aliphatic carbocycles. The molecule has 1 amide bonds. The smallest absolute Gasteiger partial charge is 0.246 e. The first-order valence-electron chi connectivity index (χ1n) is 10.2. The van der Waals surface area contributed by atoms with Crippen LogP contribution in [-0.4, -0.2) is 83.8 Å². The van der Waals surface area contributed by atoms with Crippen LogP contribution in [0.3, 0.4) is 0 Å². The summed E-state index contributed by atoms with van der Waals surface area (Å²) in [7, 11) is 1.86. The third kappa shape index (κ3) is 5.45. The van der Waals surface area contributed by atoms with Gasteiger partial charge in [0.15, 0.2) is 5.96 Å². The van der Waals surface area contributed by atoms with Crippen molar-refractivity contribution in [2.75, 3.05) is 57.3 Å². The van der Waals surface area contributed by atoms with E-state index in [2.05, 4.69) is 27.1 Å². The summed E-state index contributed by atoms with van der Waals surface area (Å²) in [5, 5.41) is 7.51. The van der Waals surface area contributed by atoms with Gasteiger partial charge in [-0.15, -0.1) is 0 Å². The van der Waals surface area contributed by atoms with Crippen molar-refractivity contribution < 1.29 is 4.79 Å². The number of piperazine rings is 1. The van der Waals surface area contributed by atoms with E-state index in [1.54, 1.807) is 10.9 Å². The van der Waals surface area contributed by atoms with Gasteiger partial charge in [0.25, 0.3) is 0 Å². The first-order chi connectivity index (χ1) is 13.2. The van der Waals surface area contributed by atoms with Gasteiger partial charge in [-0.1, -0.05) is 0 Å². The lowest BCUT2D eigenvalue weighted by Gasteiger charge is -2.35. The molecule has 1 aromatic rings. The Morgan fingerprint density at radius 3 is 2.70 bits per heavy atom. The standard InChI is InChI=1S/C19H33N7O/c1-3-20-19(21-8-4-5-9-24-10-6-7-11-24)25-12-13-26(18(27)16-25)17-14-22-23(2)15-17/h14-15H,3-13,16H2,1-2H3,(H,20,21). The Morgan fingerprint density at radius 2 is 2.04 bits per heavy atom. The van der Waals surface area contributed by atoms with Gasteiger partial charge in [0.2, 0.25) is 5.91 Å². The highest BCUT2D eigenvalue weighted by Gasteiger charge is 2.27. The van der Waals surface area contributed by atoms with Crippen LogP contribution in [0.2, 0.25) is 0 Å². The van der Waals surface area contributed by atoms with Crippen molar-refractivity contribution in [3.8, 4) is 0 Å². The van der Waals surface area contributed by atoms with Gasteiger partial charge in [-0.3, -0.25) is 14.5 Å². The first kappa shape index (κ1) is 19.7. The molecule has 2 aliphatic rings. The summed E-state index contributed by atoms with van der Waals surface area (Å²) in [5.41, 5.74) is 0.867. The zero-order valence-corrected chi connectivity index (χ0v) is 16.7. The maximum Gasteiger partial charge on any atom is 0.246 e. The number of hydrogen-bond donors (Lipinski definition) is 1. The fraction of sp³-hybridized carbons (Fsp3) is 0.737. The molecule has 0 aromatic carbocycles. The summed E-state index contributed by atoms with van der Waals surface area (Å²) in [6, 6.07) is 0. The van der Waals surface area contributed by atoms with Crippen LogP contribution in [0.15, 0.2) is 17.4 Å². The van der Waals surface area contributed by atoms with Gasteiger partial charge in [0.05, 0.1) is 11.9 Å². The van der Waals surface area contributed by atoms with Gasteiger partial charge < -0.3 is 20.0 Å². The Morgan fingerprint density at radius 1 is 1.22 bits per heavy atom. The fourth-order valence-electron chi connectivity index (χ4n) is 3.74. The quantitative estimate of drug-likeness (QED) is 0.436. The van der Waals surface area contributed by atoms with Crippen molar-refractivity contribution in [1.29, 1.82) is 0 Å². The van der Waals surface area contributed by atoms with Crippen LogP contribution in [0.25, 0.3) is 0 Å². The molecular weight excluding hydrogens is 342 g/mol. The number of likely N-dealkylation sites (tertiary alicyclic amines) is 1. The summed E-state index contributed by atoms with van der Waals surface area (Å²) in [4.78, 5) is 23.8. The van der Waals surface area contributed by atoms with Gasteiger partial charge in [-0.2, -0.15) is 5.10 Å². The molecule has 0 atom stereocenters. The van der Waals surface area contributed by atoms with Crippen LogP contribution < -0.4 is 10.2 Å². The predicted molar refractivity (Wildman–Crippen MR) is 108 cm³/mol. The van der Waals surface area contributed by atoms with Crippen LogP contribution in [0.1, 0.15) is 32.6 Å². The van der Waals surface area contributed by atoms with Crippen molar-refractivity contribution >= 4 is 17.6 Å². The highest BCUT2D eigenvalue weighted by atomic mass is 16.2. The van der Waals surface area contributed by atoms with Crippen LogP contribution in [0.4, 0.5) is 5.69 Å². The van der Waals surface area contributed by atoms with Crippen molar-refractivity contribution in [1.82, 2.24) is 24.9 Å². The van der Waals surface area contributed by atoms with Crippen LogP contribution >= 0.6 is 0 Å². The molecule has 0 unspecified atom stereocenters. The number of hydrogen-bond acceptors (Lipinski definition) is 4. The van der Waals surface area contributed by atoms with E-state index in [9.17, 15) is 4.79 Å².